The number of anilines is 2. The zero-order valence-electron chi connectivity index (χ0n) is 21.7. The number of aromatic nitrogens is 1. The number of rotatable bonds is 6. The first kappa shape index (κ1) is 25.4. The summed E-state index contributed by atoms with van der Waals surface area (Å²) in [6.45, 7) is 2.09. The number of carbonyl (C=O) groups is 1. The van der Waals surface area contributed by atoms with Crippen molar-refractivity contribution in [3.63, 3.8) is 0 Å². The highest BCUT2D eigenvalue weighted by Gasteiger charge is 2.22. The normalized spacial score (nSPS) is 11.7. The first-order valence-electron chi connectivity index (χ1n) is 13.0. The fourth-order valence-electron chi connectivity index (χ4n) is 5.04. The van der Waals surface area contributed by atoms with Gasteiger partial charge in [0.05, 0.1) is 16.8 Å². The molecule has 6 rings (SSSR count). The van der Waals surface area contributed by atoms with Crippen LogP contribution in [0.5, 0.6) is 5.75 Å². The fourth-order valence-corrected chi connectivity index (χ4v) is 5.21. The van der Waals surface area contributed by atoms with Crippen molar-refractivity contribution in [2.75, 3.05) is 11.1 Å². The summed E-state index contributed by atoms with van der Waals surface area (Å²) < 4.78 is 0. The van der Waals surface area contributed by atoms with Gasteiger partial charge in [-0.3, -0.25) is 4.79 Å². The minimum absolute atomic E-state index is 0.101. The topological polar surface area (TPSA) is 116 Å². The van der Waals surface area contributed by atoms with Gasteiger partial charge in [-0.2, -0.15) is 5.11 Å². The number of phenolic OH excluding ortho intramolecular Hbond substituents is 1. The van der Waals surface area contributed by atoms with E-state index >= 15 is 0 Å². The number of aromatic hydroxyl groups is 1. The predicted octanol–water partition coefficient (Wildman–Crippen LogP) is 9.04. The van der Waals surface area contributed by atoms with Crippen LogP contribution in [0.2, 0.25) is 5.02 Å². The molecule has 0 fully saturated rings. The molecule has 5 aromatic carbocycles. The molecule has 1 heterocycles. The molecule has 0 aliphatic heterocycles. The SMILES string of the molecule is CCCc1ccccc1NC(=O)c1cc2ccc3c4cc(Cl)ccc4[nH]c3c2c(N=Nc2ccc(N)cc2)c1O. The highest BCUT2D eigenvalue weighted by Crippen LogP contribution is 2.44. The van der Waals surface area contributed by atoms with E-state index in [0.717, 1.165) is 45.6 Å². The standard InChI is InChI=1S/C32H26ClN5O2/c1-2-5-18-6-3-4-7-26(18)36-32(40)25-16-19-8-14-23-24-17-20(33)9-15-27(24)35-29(23)28(19)30(31(25)39)38-37-22-12-10-21(34)11-13-22/h3-4,6-17,35,39H,2,5,34H2,1H3,(H,36,40). The van der Waals surface area contributed by atoms with E-state index in [0.29, 0.717) is 27.5 Å². The third-order valence-corrected chi connectivity index (χ3v) is 7.21. The number of benzene rings is 5. The van der Waals surface area contributed by atoms with E-state index in [2.05, 4.69) is 27.5 Å². The van der Waals surface area contributed by atoms with Crippen LogP contribution in [0.15, 0.2) is 95.2 Å². The summed E-state index contributed by atoms with van der Waals surface area (Å²) >= 11 is 6.29. The molecule has 40 heavy (non-hydrogen) atoms. The van der Waals surface area contributed by atoms with Gasteiger partial charge in [0.25, 0.3) is 5.91 Å². The number of aryl methyl sites for hydroxylation is 1. The Morgan fingerprint density at radius 1 is 0.975 bits per heavy atom. The van der Waals surface area contributed by atoms with Crippen LogP contribution in [0.25, 0.3) is 32.6 Å². The molecule has 0 aliphatic carbocycles. The maximum absolute atomic E-state index is 13.6. The summed E-state index contributed by atoms with van der Waals surface area (Å²) in [4.78, 5) is 17.0. The smallest absolute Gasteiger partial charge is 0.259 e. The van der Waals surface area contributed by atoms with Crippen LogP contribution in [-0.2, 0) is 6.42 Å². The maximum Gasteiger partial charge on any atom is 0.259 e. The molecule has 8 heteroatoms. The first-order chi connectivity index (χ1) is 19.4. The number of para-hydroxylation sites is 1. The van der Waals surface area contributed by atoms with Crippen LogP contribution in [0, 0.1) is 0 Å². The van der Waals surface area contributed by atoms with Gasteiger partial charge < -0.3 is 21.1 Å². The summed E-state index contributed by atoms with van der Waals surface area (Å²) in [5.41, 5.74) is 10.7. The molecule has 0 unspecified atom stereocenters. The molecular weight excluding hydrogens is 522 g/mol. The van der Waals surface area contributed by atoms with Gasteiger partial charge >= 0.3 is 0 Å². The Kier molecular flexibility index (Phi) is 6.58. The molecule has 0 aliphatic rings. The van der Waals surface area contributed by atoms with Gasteiger partial charge in [-0.05, 0) is 72.0 Å². The van der Waals surface area contributed by atoms with Crippen molar-refractivity contribution in [2.45, 2.75) is 19.8 Å². The van der Waals surface area contributed by atoms with Crippen LogP contribution < -0.4 is 11.1 Å². The molecule has 0 atom stereocenters. The van der Waals surface area contributed by atoms with Crippen molar-refractivity contribution < 1.29 is 9.90 Å². The number of nitrogen functional groups attached to an aromatic ring is 1. The van der Waals surface area contributed by atoms with Crippen molar-refractivity contribution in [2.24, 2.45) is 10.2 Å². The van der Waals surface area contributed by atoms with Crippen LogP contribution in [0.1, 0.15) is 29.3 Å². The molecule has 1 aromatic heterocycles. The van der Waals surface area contributed by atoms with E-state index in [1.54, 1.807) is 30.3 Å². The van der Waals surface area contributed by atoms with E-state index < -0.39 is 5.91 Å². The zero-order valence-corrected chi connectivity index (χ0v) is 22.5. The number of nitrogens with zero attached hydrogens (tertiary/aromatic N) is 2. The molecule has 7 nitrogen and oxygen atoms in total. The second kappa shape index (κ2) is 10.4. The lowest BCUT2D eigenvalue weighted by Crippen LogP contribution is -2.13. The Labute approximate surface area is 235 Å². The Morgan fingerprint density at radius 2 is 1.77 bits per heavy atom. The number of aromatic amines is 1. The minimum atomic E-state index is -0.435. The van der Waals surface area contributed by atoms with E-state index in [1.807, 2.05) is 54.6 Å². The Balaban J connectivity index is 1.55. The Hall–Kier alpha value is -4.88. The molecule has 0 saturated heterocycles. The number of hydrogen-bond donors (Lipinski definition) is 4. The Morgan fingerprint density at radius 3 is 2.58 bits per heavy atom. The molecule has 6 aromatic rings. The lowest BCUT2D eigenvalue weighted by molar-refractivity contribution is 0.102. The number of nitrogens with one attached hydrogen (secondary N) is 2. The van der Waals surface area contributed by atoms with Crippen molar-refractivity contribution in [3.8, 4) is 5.75 Å². The molecule has 198 valence electrons. The second-order valence-corrected chi connectivity index (χ2v) is 10.1. The van der Waals surface area contributed by atoms with Gasteiger partial charge in [0.15, 0.2) is 5.75 Å². The average molecular weight is 548 g/mol. The lowest BCUT2D eigenvalue weighted by Gasteiger charge is -2.14. The van der Waals surface area contributed by atoms with E-state index in [4.69, 9.17) is 17.3 Å². The summed E-state index contributed by atoms with van der Waals surface area (Å²) in [6.07, 6.45) is 1.76. The second-order valence-electron chi connectivity index (χ2n) is 9.68. The van der Waals surface area contributed by atoms with Gasteiger partial charge in [-0.25, -0.2) is 0 Å². The van der Waals surface area contributed by atoms with Crippen LogP contribution in [0.4, 0.5) is 22.7 Å². The molecular formula is C32H26ClN5O2. The molecule has 0 radical (unpaired) electrons. The van der Waals surface area contributed by atoms with Crippen LogP contribution in [0.3, 0.4) is 0 Å². The third-order valence-electron chi connectivity index (χ3n) is 6.97. The number of fused-ring (bicyclic) bond motifs is 5. The van der Waals surface area contributed by atoms with Gasteiger partial charge in [-0.15, -0.1) is 5.11 Å². The minimum Gasteiger partial charge on any atom is -0.505 e. The van der Waals surface area contributed by atoms with Gasteiger partial charge in [0.2, 0.25) is 0 Å². The summed E-state index contributed by atoms with van der Waals surface area (Å²) in [5.74, 6) is -0.697. The fraction of sp³-hybridized carbons (Fsp3) is 0.0938. The molecule has 0 saturated carbocycles. The number of phenols is 1. The number of H-pyrrole nitrogens is 1. The van der Waals surface area contributed by atoms with Gasteiger partial charge in [0.1, 0.15) is 5.69 Å². The van der Waals surface area contributed by atoms with Crippen molar-refractivity contribution in [1.29, 1.82) is 0 Å². The predicted molar refractivity (Wildman–Crippen MR) is 163 cm³/mol. The number of hydrogen-bond acceptors (Lipinski definition) is 5. The van der Waals surface area contributed by atoms with Gasteiger partial charge in [-0.1, -0.05) is 55.3 Å². The van der Waals surface area contributed by atoms with Gasteiger partial charge in [0, 0.05) is 38.1 Å². The lowest BCUT2D eigenvalue weighted by atomic mass is 9.99. The number of halogens is 1. The number of nitrogens with two attached hydrogens (primary N) is 1. The van der Waals surface area contributed by atoms with Crippen molar-refractivity contribution >= 4 is 72.8 Å². The maximum atomic E-state index is 13.6. The van der Waals surface area contributed by atoms with Crippen molar-refractivity contribution in [3.05, 3.63) is 101 Å². The number of carbonyl (C=O) groups excluding carboxylic acids is 1. The van der Waals surface area contributed by atoms with E-state index in [1.165, 1.54) is 0 Å². The number of azo groups is 1. The number of amides is 1. The first-order valence-corrected chi connectivity index (χ1v) is 13.4. The summed E-state index contributed by atoms with van der Waals surface area (Å²) in [7, 11) is 0. The quantitative estimate of drug-likeness (QED) is 0.123. The molecule has 1 amide bonds. The summed E-state index contributed by atoms with van der Waals surface area (Å²) in [6, 6.07) is 25.8. The zero-order chi connectivity index (χ0) is 27.8. The van der Waals surface area contributed by atoms with Crippen LogP contribution in [-0.4, -0.2) is 16.0 Å². The van der Waals surface area contributed by atoms with E-state index in [9.17, 15) is 9.90 Å². The third kappa shape index (κ3) is 4.61. The van der Waals surface area contributed by atoms with E-state index in [-0.39, 0.29) is 17.0 Å². The highest BCUT2D eigenvalue weighted by atomic mass is 35.5. The average Bonchev–Trinajstić information content (AvgIpc) is 3.32. The Bertz CT molecular complexity index is 1940. The summed E-state index contributed by atoms with van der Waals surface area (Å²) in [5, 5.41) is 27.2. The molecule has 0 spiro atoms. The van der Waals surface area contributed by atoms with Crippen LogP contribution >= 0.6 is 11.6 Å². The largest absolute Gasteiger partial charge is 0.505 e. The van der Waals surface area contributed by atoms with Crippen molar-refractivity contribution in [1.82, 2.24) is 4.98 Å². The monoisotopic (exact) mass is 547 g/mol. The highest BCUT2D eigenvalue weighted by molar-refractivity contribution is 6.32. The molecule has 0 bridgehead atoms. The molecule has 5 N–H and O–H groups in total.